The van der Waals surface area contributed by atoms with Crippen molar-refractivity contribution in [3.63, 3.8) is 0 Å². The third-order valence-corrected chi connectivity index (χ3v) is 2.48. The lowest BCUT2D eigenvalue weighted by Gasteiger charge is -2.09. The van der Waals surface area contributed by atoms with Crippen molar-refractivity contribution in [3.05, 3.63) is 65.0 Å². The Hall–Kier alpha value is -2.44. The zero-order chi connectivity index (χ0) is 14.9. The van der Waals surface area contributed by atoms with Crippen LogP contribution in [0.3, 0.4) is 0 Å². The van der Waals surface area contributed by atoms with Crippen molar-refractivity contribution in [1.82, 2.24) is 0 Å². The Kier molecular flexibility index (Phi) is 3.69. The van der Waals surface area contributed by atoms with Gasteiger partial charge in [-0.1, -0.05) is 18.2 Å². The predicted octanol–water partition coefficient (Wildman–Crippen LogP) is 3.63. The molecule has 0 aliphatic heterocycles. The quantitative estimate of drug-likeness (QED) is 0.510. The third-order valence-electron chi connectivity index (χ3n) is 2.48. The van der Waals surface area contributed by atoms with Crippen LogP contribution in [0, 0.1) is 29.1 Å². The second-order valence-corrected chi connectivity index (χ2v) is 3.77. The Balaban J connectivity index is 2.43. The smallest absolute Gasteiger partial charge is 0.255 e. The van der Waals surface area contributed by atoms with Gasteiger partial charge in [0.2, 0.25) is 5.82 Å². The van der Waals surface area contributed by atoms with Crippen LogP contribution in [-0.2, 0) is 0 Å². The Bertz CT molecular complexity index is 643. The van der Waals surface area contributed by atoms with Crippen LogP contribution >= 0.6 is 0 Å². The average molecular weight is 287 g/mol. The second kappa shape index (κ2) is 5.28. The van der Waals surface area contributed by atoms with Crippen molar-refractivity contribution < 1.29 is 26.7 Å². The summed E-state index contributed by atoms with van der Waals surface area (Å²) in [7, 11) is 0. The fourth-order valence-corrected chi connectivity index (χ4v) is 1.49. The van der Waals surface area contributed by atoms with Gasteiger partial charge in [-0.15, -0.1) is 0 Å². The molecule has 0 aliphatic carbocycles. The van der Waals surface area contributed by atoms with E-state index in [4.69, 9.17) is 0 Å². The van der Waals surface area contributed by atoms with Gasteiger partial charge in [-0.25, -0.2) is 22.0 Å². The van der Waals surface area contributed by atoms with E-state index < -0.39 is 40.7 Å². The van der Waals surface area contributed by atoms with Crippen LogP contribution < -0.4 is 5.32 Å². The molecule has 20 heavy (non-hydrogen) atoms. The summed E-state index contributed by atoms with van der Waals surface area (Å²) in [4.78, 5) is 11.6. The highest BCUT2D eigenvalue weighted by Gasteiger charge is 2.26. The number of nitrogens with one attached hydrogen (secondary N) is 1. The Labute approximate surface area is 109 Å². The molecule has 0 aromatic heterocycles. The maximum absolute atomic E-state index is 13.3. The number of carbonyl (C=O) groups is 1. The lowest BCUT2D eigenvalue weighted by atomic mass is 10.2. The van der Waals surface area contributed by atoms with E-state index in [1.54, 1.807) is 11.4 Å². The van der Waals surface area contributed by atoms with Crippen molar-refractivity contribution in [3.8, 4) is 0 Å². The molecule has 104 valence electrons. The summed E-state index contributed by atoms with van der Waals surface area (Å²) >= 11 is 0. The summed E-state index contributed by atoms with van der Waals surface area (Å²) in [5.41, 5.74) is -1.37. The monoisotopic (exact) mass is 287 g/mol. The number of rotatable bonds is 2. The van der Waals surface area contributed by atoms with Crippen molar-refractivity contribution >= 4 is 11.6 Å². The number of halogens is 5. The van der Waals surface area contributed by atoms with Crippen LogP contribution in [0.2, 0.25) is 0 Å². The summed E-state index contributed by atoms with van der Waals surface area (Å²) in [5, 5.41) is 1.67. The molecule has 0 aliphatic rings. The van der Waals surface area contributed by atoms with E-state index in [1.165, 1.54) is 24.3 Å². The Morgan fingerprint density at radius 1 is 0.750 bits per heavy atom. The number of amides is 1. The lowest BCUT2D eigenvalue weighted by Crippen LogP contribution is -2.16. The van der Waals surface area contributed by atoms with Gasteiger partial charge in [0.25, 0.3) is 5.91 Å². The Morgan fingerprint density at radius 2 is 1.20 bits per heavy atom. The predicted molar refractivity (Wildman–Crippen MR) is 60.6 cm³/mol. The van der Waals surface area contributed by atoms with Crippen LogP contribution in [0.15, 0.2) is 30.3 Å². The number of carbonyl (C=O) groups excluding carboxylic acids is 1. The minimum Gasteiger partial charge on any atom is -0.317 e. The summed E-state index contributed by atoms with van der Waals surface area (Å²) in [6, 6.07) is 7.19. The van der Waals surface area contributed by atoms with E-state index >= 15 is 0 Å². The SMILES string of the molecule is O=C(Nc1c(F)c(F)c(F)c(F)c1F)c1ccccc1. The van der Waals surface area contributed by atoms with Crippen LogP contribution in [0.4, 0.5) is 27.6 Å². The molecule has 2 nitrogen and oxygen atoms in total. The van der Waals surface area contributed by atoms with Gasteiger partial charge in [0.15, 0.2) is 23.3 Å². The number of anilines is 1. The van der Waals surface area contributed by atoms with Gasteiger partial charge in [0, 0.05) is 5.56 Å². The van der Waals surface area contributed by atoms with E-state index in [-0.39, 0.29) is 5.56 Å². The largest absolute Gasteiger partial charge is 0.317 e. The molecule has 0 saturated heterocycles. The summed E-state index contributed by atoms with van der Waals surface area (Å²) < 4.78 is 65.4. The minimum atomic E-state index is -2.28. The standard InChI is InChI=1S/C13H6F5NO/c14-7-8(15)10(17)12(11(18)9(7)16)19-13(20)6-4-2-1-3-5-6/h1-5H,(H,19,20). The first-order valence-electron chi connectivity index (χ1n) is 5.31. The molecule has 2 aromatic rings. The molecule has 7 heteroatoms. The molecule has 0 radical (unpaired) electrons. The molecule has 0 unspecified atom stereocenters. The first kappa shape index (κ1) is 14.0. The maximum Gasteiger partial charge on any atom is 0.255 e. The van der Waals surface area contributed by atoms with E-state index in [0.717, 1.165) is 0 Å². The van der Waals surface area contributed by atoms with Crippen molar-refractivity contribution in [2.45, 2.75) is 0 Å². The Morgan fingerprint density at radius 3 is 1.70 bits per heavy atom. The van der Waals surface area contributed by atoms with E-state index in [2.05, 4.69) is 0 Å². The first-order chi connectivity index (χ1) is 9.43. The van der Waals surface area contributed by atoms with E-state index in [0.29, 0.717) is 0 Å². The molecule has 0 heterocycles. The summed E-state index contributed by atoms with van der Waals surface area (Å²) in [6.07, 6.45) is 0. The van der Waals surface area contributed by atoms with Crippen LogP contribution in [0.1, 0.15) is 10.4 Å². The topological polar surface area (TPSA) is 29.1 Å². The molecule has 1 N–H and O–H groups in total. The molecule has 0 saturated carbocycles. The van der Waals surface area contributed by atoms with Crippen molar-refractivity contribution in [2.24, 2.45) is 0 Å². The molecule has 1 amide bonds. The highest BCUT2D eigenvalue weighted by Crippen LogP contribution is 2.27. The number of benzene rings is 2. The zero-order valence-electron chi connectivity index (χ0n) is 9.68. The van der Waals surface area contributed by atoms with Crippen LogP contribution in [-0.4, -0.2) is 5.91 Å². The third kappa shape index (κ3) is 2.34. The first-order valence-corrected chi connectivity index (χ1v) is 5.31. The lowest BCUT2D eigenvalue weighted by molar-refractivity contribution is 0.102. The molecule has 0 fully saturated rings. The fraction of sp³-hybridized carbons (Fsp3) is 0. The molecule has 2 aromatic carbocycles. The highest BCUT2D eigenvalue weighted by atomic mass is 19.2. The van der Waals surface area contributed by atoms with Crippen molar-refractivity contribution in [1.29, 1.82) is 0 Å². The highest BCUT2D eigenvalue weighted by molar-refractivity contribution is 6.04. The molecular formula is C13H6F5NO. The van der Waals surface area contributed by atoms with E-state index in [9.17, 15) is 26.7 Å². The number of hydrogen-bond acceptors (Lipinski definition) is 1. The van der Waals surface area contributed by atoms with Gasteiger partial charge in [0.1, 0.15) is 5.69 Å². The molecule has 0 bridgehead atoms. The van der Waals surface area contributed by atoms with Gasteiger partial charge >= 0.3 is 0 Å². The average Bonchev–Trinajstić information content (AvgIpc) is 2.48. The summed E-state index contributed by atoms with van der Waals surface area (Å²) in [5.74, 6) is -11.7. The second-order valence-electron chi connectivity index (χ2n) is 3.77. The fourth-order valence-electron chi connectivity index (χ4n) is 1.49. The normalized spacial score (nSPS) is 10.4. The van der Waals surface area contributed by atoms with Gasteiger partial charge in [0.05, 0.1) is 0 Å². The van der Waals surface area contributed by atoms with Crippen LogP contribution in [0.25, 0.3) is 0 Å². The zero-order valence-corrected chi connectivity index (χ0v) is 9.68. The maximum atomic E-state index is 13.3. The minimum absolute atomic E-state index is 0.0106. The number of hydrogen-bond donors (Lipinski definition) is 1. The van der Waals surface area contributed by atoms with E-state index in [1.807, 2.05) is 0 Å². The van der Waals surface area contributed by atoms with Gasteiger partial charge in [-0.3, -0.25) is 4.79 Å². The van der Waals surface area contributed by atoms with Gasteiger partial charge < -0.3 is 5.32 Å². The van der Waals surface area contributed by atoms with Crippen LogP contribution in [0.5, 0.6) is 0 Å². The van der Waals surface area contributed by atoms with Crippen molar-refractivity contribution in [2.75, 3.05) is 5.32 Å². The van der Waals surface area contributed by atoms with Gasteiger partial charge in [-0.05, 0) is 12.1 Å². The molecule has 0 atom stereocenters. The molecule has 0 spiro atoms. The summed E-state index contributed by atoms with van der Waals surface area (Å²) in [6.45, 7) is 0. The molecular weight excluding hydrogens is 281 g/mol. The van der Waals surface area contributed by atoms with Gasteiger partial charge in [-0.2, -0.15) is 0 Å². The molecule has 2 rings (SSSR count).